The van der Waals surface area contributed by atoms with Gasteiger partial charge in [0.1, 0.15) is 17.7 Å². The van der Waals surface area contributed by atoms with E-state index in [0.717, 1.165) is 0 Å². The lowest BCUT2D eigenvalue weighted by atomic mass is 10.2. The predicted octanol–water partition coefficient (Wildman–Crippen LogP) is 0.887. The molecular formula is C16H13FN6O2. The van der Waals surface area contributed by atoms with Gasteiger partial charge in [-0.2, -0.15) is 4.68 Å². The molecule has 1 aliphatic rings. The highest BCUT2D eigenvalue weighted by Gasteiger charge is 2.46. The largest absolute Gasteiger partial charge is 0.383 e. The van der Waals surface area contributed by atoms with Crippen LogP contribution in [-0.4, -0.2) is 34.1 Å². The van der Waals surface area contributed by atoms with Gasteiger partial charge in [-0.3, -0.25) is 13.8 Å². The maximum absolute atomic E-state index is 13.5. The first-order valence-electron chi connectivity index (χ1n) is 7.79. The van der Waals surface area contributed by atoms with Crippen molar-refractivity contribution in [2.45, 2.75) is 18.4 Å². The fraction of sp³-hybridized carbons (Fsp3) is 0.250. The summed E-state index contributed by atoms with van der Waals surface area (Å²) in [5.74, 6) is -0.0857. The first-order chi connectivity index (χ1) is 12.0. The van der Waals surface area contributed by atoms with E-state index in [1.165, 1.54) is 27.6 Å². The van der Waals surface area contributed by atoms with E-state index >= 15 is 0 Å². The zero-order chi connectivity index (χ0) is 17.3. The molecule has 25 heavy (non-hydrogen) atoms. The first-order valence-corrected chi connectivity index (χ1v) is 7.79. The number of halogens is 1. The average molecular weight is 340 g/mol. The zero-order valence-corrected chi connectivity index (χ0v) is 13.2. The second-order valence-corrected chi connectivity index (χ2v) is 6.35. The zero-order valence-electron chi connectivity index (χ0n) is 13.2. The van der Waals surface area contributed by atoms with Crippen molar-refractivity contribution in [3.05, 3.63) is 52.6 Å². The number of benzene rings is 1. The number of rotatable bonds is 2. The highest BCUT2D eigenvalue weighted by molar-refractivity contribution is 5.82. The van der Waals surface area contributed by atoms with Crippen molar-refractivity contribution in [2.24, 2.45) is 7.05 Å². The Kier molecular flexibility index (Phi) is 2.58. The molecule has 1 fully saturated rings. The van der Waals surface area contributed by atoms with Crippen molar-refractivity contribution < 1.29 is 9.50 Å². The van der Waals surface area contributed by atoms with Gasteiger partial charge < -0.3 is 5.11 Å². The summed E-state index contributed by atoms with van der Waals surface area (Å²) >= 11 is 0. The van der Waals surface area contributed by atoms with E-state index in [9.17, 15) is 14.3 Å². The molecule has 1 aliphatic carbocycles. The number of aromatic nitrogens is 6. The van der Waals surface area contributed by atoms with Crippen LogP contribution >= 0.6 is 0 Å². The Bertz CT molecular complexity index is 1220. The second-order valence-electron chi connectivity index (χ2n) is 6.35. The Labute approximate surface area is 139 Å². The molecule has 0 radical (unpaired) electrons. The molecule has 5 rings (SSSR count). The maximum atomic E-state index is 13.5. The summed E-state index contributed by atoms with van der Waals surface area (Å²) in [6, 6.07) is 4.06. The third kappa shape index (κ3) is 1.84. The van der Waals surface area contributed by atoms with Gasteiger partial charge in [0.25, 0.3) is 5.56 Å². The molecule has 0 aliphatic heterocycles. The number of hydrogen-bond acceptors (Lipinski definition) is 5. The standard InChI is InChI=1S/C16H13FN6O2/c1-21-14-13(23-12(7-19-20-23)16(25)4-5-16)18-8-22(14)11-3-2-9(17)6-10(11)15(21)24/h2-3,6-8,25H,4-5H2,1H3. The summed E-state index contributed by atoms with van der Waals surface area (Å²) in [5.41, 5.74) is 0.290. The van der Waals surface area contributed by atoms with Gasteiger partial charge in [-0.1, -0.05) is 5.21 Å². The van der Waals surface area contributed by atoms with Gasteiger partial charge in [-0.15, -0.1) is 5.10 Å². The SMILES string of the molecule is Cn1c(=O)c2cc(F)ccc2n2cnc(-n3nncc3C3(O)CC3)c12. The van der Waals surface area contributed by atoms with Gasteiger partial charge in [0.05, 0.1) is 22.8 Å². The molecule has 0 saturated heterocycles. The molecule has 0 bridgehead atoms. The van der Waals surface area contributed by atoms with Crippen molar-refractivity contribution in [1.82, 2.24) is 28.9 Å². The molecule has 3 aromatic heterocycles. The predicted molar refractivity (Wildman–Crippen MR) is 85.9 cm³/mol. The van der Waals surface area contributed by atoms with Crippen LogP contribution in [0.1, 0.15) is 18.5 Å². The Balaban J connectivity index is 1.88. The fourth-order valence-corrected chi connectivity index (χ4v) is 3.22. The molecule has 1 N–H and O–H groups in total. The molecule has 0 unspecified atom stereocenters. The molecule has 0 atom stereocenters. The fourth-order valence-electron chi connectivity index (χ4n) is 3.22. The first kappa shape index (κ1) is 14.3. The molecule has 9 heteroatoms. The Morgan fingerprint density at radius 1 is 1.32 bits per heavy atom. The smallest absolute Gasteiger partial charge is 0.261 e. The summed E-state index contributed by atoms with van der Waals surface area (Å²) in [6.45, 7) is 0. The van der Waals surface area contributed by atoms with E-state index < -0.39 is 11.4 Å². The number of imidazole rings is 1. The minimum atomic E-state index is -0.946. The summed E-state index contributed by atoms with van der Waals surface area (Å²) in [5, 5.41) is 18.6. The highest BCUT2D eigenvalue weighted by Crippen LogP contribution is 2.45. The van der Waals surface area contributed by atoms with Crippen LogP contribution < -0.4 is 5.56 Å². The van der Waals surface area contributed by atoms with E-state index in [1.54, 1.807) is 23.8 Å². The maximum Gasteiger partial charge on any atom is 0.261 e. The van der Waals surface area contributed by atoms with Gasteiger partial charge in [-0.05, 0) is 31.0 Å². The van der Waals surface area contributed by atoms with E-state index in [4.69, 9.17) is 0 Å². The Hall–Kier alpha value is -3.07. The van der Waals surface area contributed by atoms with Crippen molar-refractivity contribution >= 4 is 16.6 Å². The van der Waals surface area contributed by atoms with E-state index in [-0.39, 0.29) is 10.9 Å². The van der Waals surface area contributed by atoms with Gasteiger partial charge in [-0.25, -0.2) is 9.37 Å². The molecular weight excluding hydrogens is 327 g/mol. The van der Waals surface area contributed by atoms with E-state index in [1.807, 2.05) is 0 Å². The van der Waals surface area contributed by atoms with Gasteiger partial charge in [0.15, 0.2) is 11.5 Å². The van der Waals surface area contributed by atoms with Crippen molar-refractivity contribution in [3.8, 4) is 5.82 Å². The monoisotopic (exact) mass is 340 g/mol. The van der Waals surface area contributed by atoms with Crippen molar-refractivity contribution in [1.29, 1.82) is 0 Å². The van der Waals surface area contributed by atoms with Gasteiger partial charge in [0, 0.05) is 7.05 Å². The van der Waals surface area contributed by atoms with Crippen molar-refractivity contribution in [3.63, 3.8) is 0 Å². The quantitative estimate of drug-likeness (QED) is 0.585. The third-order valence-electron chi connectivity index (χ3n) is 4.74. The second kappa shape index (κ2) is 4.51. The Morgan fingerprint density at radius 3 is 2.88 bits per heavy atom. The molecule has 3 heterocycles. The summed E-state index contributed by atoms with van der Waals surface area (Å²) in [4.78, 5) is 17.0. The number of aryl methyl sites for hydroxylation is 1. The molecule has 126 valence electrons. The van der Waals surface area contributed by atoms with Crippen LogP contribution in [0.5, 0.6) is 0 Å². The number of hydrogen-bond donors (Lipinski definition) is 1. The lowest BCUT2D eigenvalue weighted by Crippen LogP contribution is -2.21. The van der Waals surface area contributed by atoms with Crippen LogP contribution in [0.4, 0.5) is 4.39 Å². The highest BCUT2D eigenvalue weighted by atomic mass is 19.1. The lowest BCUT2D eigenvalue weighted by Gasteiger charge is -2.11. The van der Waals surface area contributed by atoms with Crippen LogP contribution in [0.2, 0.25) is 0 Å². The number of aliphatic hydroxyl groups is 1. The van der Waals surface area contributed by atoms with Crippen LogP contribution in [-0.2, 0) is 12.6 Å². The number of fused-ring (bicyclic) bond motifs is 3. The van der Waals surface area contributed by atoms with E-state index in [0.29, 0.717) is 35.5 Å². The molecule has 1 saturated carbocycles. The lowest BCUT2D eigenvalue weighted by molar-refractivity contribution is 0.143. The molecule has 0 amide bonds. The van der Waals surface area contributed by atoms with Gasteiger partial charge >= 0.3 is 0 Å². The summed E-state index contributed by atoms with van der Waals surface area (Å²) in [7, 11) is 1.59. The Morgan fingerprint density at radius 2 is 2.12 bits per heavy atom. The number of nitrogens with zero attached hydrogens (tertiary/aromatic N) is 6. The molecule has 1 aromatic carbocycles. The molecule has 4 aromatic rings. The van der Waals surface area contributed by atoms with Crippen LogP contribution in [0.25, 0.3) is 22.4 Å². The summed E-state index contributed by atoms with van der Waals surface area (Å²) in [6.07, 6.45) is 4.32. The minimum absolute atomic E-state index is 0.263. The normalized spacial score (nSPS) is 16.0. The topological polar surface area (TPSA) is 90.2 Å². The van der Waals surface area contributed by atoms with Gasteiger partial charge in [0.2, 0.25) is 0 Å². The van der Waals surface area contributed by atoms with Crippen LogP contribution in [0, 0.1) is 5.82 Å². The third-order valence-corrected chi connectivity index (χ3v) is 4.74. The van der Waals surface area contributed by atoms with Crippen LogP contribution in [0.15, 0.2) is 35.5 Å². The average Bonchev–Trinajstić information content (AvgIpc) is 3.03. The van der Waals surface area contributed by atoms with E-state index in [2.05, 4.69) is 15.3 Å². The van der Waals surface area contributed by atoms with Crippen molar-refractivity contribution in [2.75, 3.05) is 0 Å². The summed E-state index contributed by atoms with van der Waals surface area (Å²) < 4.78 is 18.1. The minimum Gasteiger partial charge on any atom is -0.383 e. The molecule has 8 nitrogen and oxygen atoms in total. The van der Waals surface area contributed by atoms with Crippen LogP contribution in [0.3, 0.4) is 0 Å². The molecule has 0 spiro atoms.